The lowest BCUT2D eigenvalue weighted by molar-refractivity contribution is -0.747. The van der Waals surface area contributed by atoms with Gasteiger partial charge in [-0.3, -0.25) is 37.7 Å². The molecular weight excluding hydrogens is 953 g/mol. The lowest BCUT2D eigenvalue weighted by atomic mass is 10.0. The SMILES string of the molecule is Cn1c(/C=C/c2ccc3c(c2)Cc2ccccc2-3)[n+]([C@@H]2O[C@H](COP(=O)(O)OP(=O)(O)OP(=O)(O)OC[C@H]3O[C@@H](n4cnc5c(=O)[nH]c(N)nc54)[C@H](O)[C@@H]3O)[C@@H](O)[C@H]2O)c2nc(N)[nH]c(=O)c21. The number of nitrogen functional groups attached to an aromatic ring is 2. The highest BCUT2D eigenvalue weighted by molar-refractivity contribution is 7.66. The van der Waals surface area contributed by atoms with Gasteiger partial charge in [0.1, 0.15) is 36.6 Å². The van der Waals surface area contributed by atoms with Crippen LogP contribution in [0.3, 0.4) is 0 Å². The molecule has 3 aliphatic rings. The topological polar surface area (TPSA) is 418 Å². The maximum atomic E-state index is 13.1. The number of phosphoric acid groups is 3. The first-order chi connectivity index (χ1) is 31.6. The van der Waals surface area contributed by atoms with Crippen LogP contribution in [0.15, 0.2) is 58.4 Å². The van der Waals surface area contributed by atoms with Gasteiger partial charge in [0.25, 0.3) is 17.1 Å². The van der Waals surface area contributed by atoms with Crippen LogP contribution in [0.1, 0.15) is 35.0 Å². The molecule has 1 aliphatic carbocycles. The quantitative estimate of drug-likeness (QED) is 0.0469. The number of H-pyrrole nitrogens is 2. The molecule has 3 unspecified atom stereocenters. The van der Waals surface area contributed by atoms with Gasteiger partial charge in [0, 0.05) is 6.08 Å². The fourth-order valence-corrected chi connectivity index (χ4v) is 11.7. The molecule has 67 heavy (non-hydrogen) atoms. The number of ether oxygens (including phenoxy) is 2. The zero-order valence-electron chi connectivity index (χ0n) is 34.3. The minimum absolute atomic E-state index is 0.0142. The molecule has 9 rings (SSSR count). The molecular formula is C36H40N10O18P3+. The first kappa shape index (κ1) is 46.7. The number of aryl methyl sites for hydroxylation is 1. The Morgan fingerprint density at radius 3 is 2.15 bits per heavy atom. The van der Waals surface area contributed by atoms with E-state index in [1.165, 1.54) is 21.7 Å². The van der Waals surface area contributed by atoms with Crippen molar-refractivity contribution < 1.29 is 80.5 Å². The van der Waals surface area contributed by atoms with E-state index in [2.05, 4.69) is 44.1 Å². The van der Waals surface area contributed by atoms with E-state index in [0.29, 0.717) is 0 Å². The molecule has 2 aromatic carbocycles. The second-order valence-electron chi connectivity index (χ2n) is 15.5. The van der Waals surface area contributed by atoms with Crippen molar-refractivity contribution in [2.24, 2.45) is 7.05 Å². The summed E-state index contributed by atoms with van der Waals surface area (Å²) < 4.78 is 71.2. The number of fused-ring (bicyclic) bond motifs is 5. The van der Waals surface area contributed by atoms with Crippen molar-refractivity contribution >= 4 is 69.8 Å². The molecule has 13 N–H and O–H groups in total. The number of aromatic nitrogens is 8. The van der Waals surface area contributed by atoms with Crippen molar-refractivity contribution in [1.82, 2.24) is 34.1 Å². The number of rotatable bonds is 14. The van der Waals surface area contributed by atoms with E-state index in [1.807, 2.05) is 36.4 Å². The lowest BCUT2D eigenvalue weighted by Gasteiger charge is -2.21. The monoisotopic (exact) mass is 993 g/mol. The summed E-state index contributed by atoms with van der Waals surface area (Å²) in [6, 6.07) is 13.9. The summed E-state index contributed by atoms with van der Waals surface area (Å²) in [5, 5.41) is 43.5. The van der Waals surface area contributed by atoms with Crippen LogP contribution in [-0.4, -0.2) is 119 Å². The Morgan fingerprint density at radius 2 is 1.43 bits per heavy atom. The molecule has 11 atom stereocenters. The average molecular weight is 994 g/mol. The minimum Gasteiger partial charge on any atom is -0.387 e. The Balaban J connectivity index is 0.856. The third kappa shape index (κ3) is 8.95. The summed E-state index contributed by atoms with van der Waals surface area (Å²) in [5.41, 5.74) is 14.9. The van der Waals surface area contributed by atoms with Gasteiger partial charge in [-0.05, 0) is 40.3 Å². The summed E-state index contributed by atoms with van der Waals surface area (Å²) in [7, 11) is -16.1. The molecule has 2 saturated heterocycles. The first-order valence-electron chi connectivity index (χ1n) is 19.7. The van der Waals surface area contributed by atoms with Gasteiger partial charge in [0.05, 0.1) is 26.6 Å². The van der Waals surface area contributed by atoms with Crippen molar-refractivity contribution in [2.45, 2.75) is 55.5 Å². The Morgan fingerprint density at radius 1 is 0.806 bits per heavy atom. The van der Waals surface area contributed by atoms with E-state index in [4.69, 9.17) is 25.5 Å². The Labute approximate surface area is 374 Å². The molecule has 4 aromatic heterocycles. The zero-order chi connectivity index (χ0) is 47.9. The van der Waals surface area contributed by atoms with Crippen LogP contribution >= 0.6 is 23.5 Å². The summed E-state index contributed by atoms with van der Waals surface area (Å²) in [6.45, 7) is -2.23. The molecule has 0 radical (unpaired) electrons. The van der Waals surface area contributed by atoms with Gasteiger partial charge in [-0.25, -0.2) is 18.7 Å². The molecule has 2 aliphatic heterocycles. The highest BCUT2D eigenvalue weighted by atomic mass is 31.3. The number of aliphatic hydroxyl groups is 4. The number of imidazole rings is 2. The summed E-state index contributed by atoms with van der Waals surface area (Å²) in [5.74, 6) is -0.402. The van der Waals surface area contributed by atoms with Crippen molar-refractivity contribution in [3.63, 3.8) is 0 Å². The first-order valence-corrected chi connectivity index (χ1v) is 24.2. The number of nitrogens with one attached hydrogen (secondary N) is 2. The van der Waals surface area contributed by atoms with Crippen LogP contribution in [0.5, 0.6) is 0 Å². The van der Waals surface area contributed by atoms with E-state index in [0.717, 1.165) is 39.6 Å². The van der Waals surface area contributed by atoms with Crippen molar-refractivity contribution in [2.75, 3.05) is 24.7 Å². The second kappa shape index (κ2) is 17.3. The van der Waals surface area contributed by atoms with Gasteiger partial charge in [0.15, 0.2) is 17.4 Å². The predicted octanol–water partition coefficient (Wildman–Crippen LogP) is -0.806. The maximum absolute atomic E-state index is 13.1. The molecule has 0 amide bonds. The van der Waals surface area contributed by atoms with Crippen LogP contribution in [-0.2, 0) is 54.3 Å². The second-order valence-corrected chi connectivity index (χ2v) is 20.2. The Kier molecular flexibility index (Phi) is 12.1. The van der Waals surface area contributed by atoms with Gasteiger partial charge in [0.2, 0.25) is 23.5 Å². The highest BCUT2D eigenvalue weighted by Gasteiger charge is 2.51. The van der Waals surface area contributed by atoms with Crippen LogP contribution in [0, 0.1) is 0 Å². The van der Waals surface area contributed by atoms with E-state index >= 15 is 0 Å². The van der Waals surface area contributed by atoms with Crippen molar-refractivity contribution in [1.29, 1.82) is 0 Å². The molecule has 28 nitrogen and oxygen atoms in total. The van der Waals surface area contributed by atoms with E-state index in [1.54, 1.807) is 12.2 Å². The third-order valence-corrected chi connectivity index (χ3v) is 15.4. The summed E-state index contributed by atoms with van der Waals surface area (Å²) in [4.78, 5) is 72.7. The molecule has 0 spiro atoms. The summed E-state index contributed by atoms with van der Waals surface area (Å²) >= 11 is 0. The average Bonchev–Trinajstić information content (AvgIpc) is 4.03. The molecule has 2 fully saturated rings. The van der Waals surface area contributed by atoms with E-state index in [9.17, 15) is 58.4 Å². The van der Waals surface area contributed by atoms with Gasteiger partial charge >= 0.3 is 29.1 Å². The van der Waals surface area contributed by atoms with Gasteiger partial charge in [-0.15, -0.1) is 0 Å². The molecule has 0 bridgehead atoms. The van der Waals surface area contributed by atoms with Crippen molar-refractivity contribution in [3.8, 4) is 11.1 Å². The van der Waals surface area contributed by atoms with Crippen LogP contribution in [0.25, 0.3) is 45.6 Å². The number of phosphoric ester groups is 2. The number of aromatic amines is 2. The van der Waals surface area contributed by atoms with Gasteiger partial charge in [-0.1, -0.05) is 47.4 Å². The lowest BCUT2D eigenvalue weighted by Crippen LogP contribution is -2.48. The smallest absolute Gasteiger partial charge is 0.387 e. The molecule has 6 aromatic rings. The standard InChI is InChI=1S/C36H39N10O18P3/c1-44-22(9-7-15-6-8-19-17(10-15)11-16-4-2-3-5-18(16)19)46(30-24(44)32(52)43-36(38)41-30)34-28(50)26(48)21(62-34)13-60-66(55,56)64-67(57,58)63-65(53,54)59-12-20-25(47)27(49)33(61-20)45-14-39-23-29(45)40-35(37)42-31(23)51/h2-10,14,20-21,25-28,33-34,47-50H,11-13H2,1H3,(H8-,37,38,40,41,42,43,51,52,53,54,55,56,57,58)/p+1/b9-7+/t20-,21-,25-,26-,27-,28-,33-,34-/m1/s1. The van der Waals surface area contributed by atoms with Crippen LogP contribution < -0.4 is 27.2 Å². The fraction of sp³-hybridized carbons (Fsp3) is 0.333. The van der Waals surface area contributed by atoms with Gasteiger partial charge < -0.3 is 56.0 Å². The molecule has 0 saturated carbocycles. The predicted molar refractivity (Wildman–Crippen MR) is 228 cm³/mol. The van der Waals surface area contributed by atoms with Crippen molar-refractivity contribution in [3.05, 3.63) is 92.0 Å². The van der Waals surface area contributed by atoms with E-state index in [-0.39, 0.29) is 40.0 Å². The summed E-state index contributed by atoms with van der Waals surface area (Å²) in [6.07, 6.45) is -8.63. The molecule has 356 valence electrons. The highest BCUT2D eigenvalue weighted by Crippen LogP contribution is 2.68. The number of hydrogen-bond acceptors (Lipinski definition) is 20. The normalized spacial score (nSPS) is 26.5. The number of nitrogens with two attached hydrogens (primary N) is 2. The number of aliphatic hydroxyl groups excluding tert-OH is 4. The Bertz CT molecular complexity index is 3250. The van der Waals surface area contributed by atoms with Crippen LogP contribution in [0.4, 0.5) is 11.9 Å². The van der Waals surface area contributed by atoms with Gasteiger partial charge in [-0.2, -0.15) is 18.2 Å². The molecule has 31 heteroatoms. The zero-order valence-corrected chi connectivity index (χ0v) is 37.0. The third-order valence-electron chi connectivity index (χ3n) is 11.2. The van der Waals surface area contributed by atoms with E-state index < -0.39 is 96.9 Å². The number of hydrogen-bond donors (Lipinski definition) is 11. The maximum Gasteiger partial charge on any atom is 0.490 e. The number of anilines is 2. The molecule has 6 heterocycles. The van der Waals surface area contributed by atoms with Crippen LogP contribution in [0.2, 0.25) is 0 Å². The number of nitrogens with zero attached hydrogens (tertiary/aromatic N) is 6. The fourth-order valence-electron chi connectivity index (χ4n) is 8.17. The largest absolute Gasteiger partial charge is 0.490 e. The Hall–Kier alpha value is -5.35. The minimum atomic E-state index is -6.07. The number of benzene rings is 2.